The number of benzene rings is 1. The summed E-state index contributed by atoms with van der Waals surface area (Å²) in [5.74, 6) is 1.50. The third kappa shape index (κ3) is 4.30. The Kier molecular flexibility index (Phi) is 6.38. The van der Waals surface area contributed by atoms with Crippen LogP contribution in [0.1, 0.15) is 25.3 Å². The molecule has 1 aliphatic rings. The van der Waals surface area contributed by atoms with E-state index in [9.17, 15) is 4.79 Å². The number of anilines is 1. The zero-order chi connectivity index (χ0) is 18.5. The molecule has 1 fully saturated rings. The van der Waals surface area contributed by atoms with Crippen LogP contribution >= 0.6 is 11.6 Å². The van der Waals surface area contributed by atoms with Crippen LogP contribution in [0.3, 0.4) is 0 Å². The second kappa shape index (κ2) is 8.74. The third-order valence-electron chi connectivity index (χ3n) is 5.27. The van der Waals surface area contributed by atoms with Crippen molar-refractivity contribution in [2.75, 3.05) is 25.2 Å². The highest BCUT2D eigenvalue weighted by Crippen LogP contribution is 2.32. The minimum Gasteiger partial charge on any atom is -0.385 e. The molecule has 5 heteroatoms. The fourth-order valence-electron chi connectivity index (χ4n) is 3.84. The van der Waals surface area contributed by atoms with Crippen LogP contribution in [0, 0.1) is 5.92 Å². The van der Waals surface area contributed by atoms with Crippen LogP contribution in [0.2, 0.25) is 5.02 Å². The van der Waals surface area contributed by atoms with Gasteiger partial charge in [0.1, 0.15) is 5.82 Å². The van der Waals surface area contributed by atoms with E-state index in [4.69, 9.17) is 16.3 Å². The van der Waals surface area contributed by atoms with Crippen molar-refractivity contribution in [1.29, 1.82) is 0 Å². The number of nitrogens with zero attached hydrogens (tertiary/aromatic N) is 2. The van der Waals surface area contributed by atoms with Crippen molar-refractivity contribution < 1.29 is 4.74 Å². The predicted octanol–water partition coefficient (Wildman–Crippen LogP) is 4.00. The summed E-state index contributed by atoms with van der Waals surface area (Å²) in [5, 5.41) is 0.506. The van der Waals surface area contributed by atoms with Crippen molar-refractivity contribution in [2.24, 2.45) is 5.92 Å². The van der Waals surface area contributed by atoms with E-state index in [0.717, 1.165) is 31.6 Å². The molecule has 0 radical (unpaired) electrons. The Hall–Kier alpha value is -1.78. The molecule has 1 aromatic carbocycles. The molecule has 2 heterocycles. The molecular formula is C21H27ClN2O2. The zero-order valence-electron chi connectivity index (χ0n) is 15.5. The summed E-state index contributed by atoms with van der Waals surface area (Å²) in [5.41, 5.74) is 1.29. The quantitative estimate of drug-likeness (QED) is 0.687. The summed E-state index contributed by atoms with van der Waals surface area (Å²) < 4.78 is 7.00. The number of rotatable bonds is 7. The van der Waals surface area contributed by atoms with Gasteiger partial charge in [0.2, 0.25) is 0 Å². The number of ether oxygens (including phenoxy) is 1. The molecular weight excluding hydrogens is 348 g/mol. The molecule has 3 rings (SSSR count). The first-order valence-corrected chi connectivity index (χ1v) is 9.68. The topological polar surface area (TPSA) is 34.5 Å². The average molecular weight is 375 g/mol. The van der Waals surface area contributed by atoms with Crippen LogP contribution < -0.4 is 10.5 Å². The zero-order valence-corrected chi connectivity index (χ0v) is 16.3. The predicted molar refractivity (Wildman–Crippen MR) is 107 cm³/mol. The molecule has 2 atom stereocenters. The van der Waals surface area contributed by atoms with Gasteiger partial charge in [-0.25, -0.2) is 0 Å². The molecule has 1 aliphatic heterocycles. The van der Waals surface area contributed by atoms with Gasteiger partial charge in [-0.1, -0.05) is 48.9 Å². The van der Waals surface area contributed by atoms with Gasteiger partial charge >= 0.3 is 0 Å². The fourth-order valence-corrected chi connectivity index (χ4v) is 4.03. The summed E-state index contributed by atoms with van der Waals surface area (Å²) >= 11 is 6.24. The SMILES string of the molecule is COCCCn1c(N2CCC(C)C2Cc2ccccc2)cc(Cl)cc1=O. The van der Waals surface area contributed by atoms with Gasteiger partial charge in [-0.05, 0) is 36.8 Å². The molecule has 1 saturated heterocycles. The van der Waals surface area contributed by atoms with Crippen LogP contribution in [-0.2, 0) is 17.7 Å². The van der Waals surface area contributed by atoms with Gasteiger partial charge in [-0.15, -0.1) is 0 Å². The number of aromatic nitrogens is 1. The van der Waals surface area contributed by atoms with E-state index >= 15 is 0 Å². The summed E-state index contributed by atoms with van der Waals surface area (Å²) in [4.78, 5) is 14.9. The molecule has 0 saturated carbocycles. The van der Waals surface area contributed by atoms with E-state index in [1.165, 1.54) is 11.6 Å². The molecule has 26 heavy (non-hydrogen) atoms. The highest BCUT2D eigenvalue weighted by Gasteiger charge is 2.33. The molecule has 2 unspecified atom stereocenters. The monoisotopic (exact) mass is 374 g/mol. The lowest BCUT2D eigenvalue weighted by molar-refractivity contribution is 0.190. The van der Waals surface area contributed by atoms with Gasteiger partial charge in [0, 0.05) is 43.9 Å². The molecule has 0 N–H and O–H groups in total. The van der Waals surface area contributed by atoms with Gasteiger partial charge in [0.25, 0.3) is 5.56 Å². The number of halogens is 1. The molecule has 2 aromatic rings. The van der Waals surface area contributed by atoms with E-state index in [-0.39, 0.29) is 5.56 Å². The van der Waals surface area contributed by atoms with Gasteiger partial charge in [0.05, 0.1) is 0 Å². The van der Waals surface area contributed by atoms with Crippen LogP contribution in [0.5, 0.6) is 0 Å². The van der Waals surface area contributed by atoms with E-state index in [1.807, 2.05) is 16.7 Å². The van der Waals surface area contributed by atoms with E-state index < -0.39 is 0 Å². The van der Waals surface area contributed by atoms with E-state index in [2.05, 4.69) is 36.1 Å². The van der Waals surface area contributed by atoms with Crippen LogP contribution in [0.15, 0.2) is 47.3 Å². The maximum atomic E-state index is 12.6. The summed E-state index contributed by atoms with van der Waals surface area (Å²) in [6, 6.07) is 14.4. The lowest BCUT2D eigenvalue weighted by atomic mass is 9.96. The molecule has 0 amide bonds. The Balaban J connectivity index is 1.91. The molecule has 0 aliphatic carbocycles. The standard InChI is InChI=1S/C21H27ClN2O2/c1-16-9-11-23(19(16)13-17-7-4-3-5-8-17)20-14-18(22)15-21(25)24(20)10-6-12-26-2/h3-5,7-8,14-16,19H,6,9-13H2,1-2H3. The van der Waals surface area contributed by atoms with Crippen molar-refractivity contribution in [3.63, 3.8) is 0 Å². The van der Waals surface area contributed by atoms with Crippen molar-refractivity contribution in [2.45, 2.75) is 38.8 Å². The molecule has 1 aromatic heterocycles. The number of hydrogen-bond acceptors (Lipinski definition) is 3. The molecule has 140 valence electrons. The largest absolute Gasteiger partial charge is 0.385 e. The third-order valence-corrected chi connectivity index (χ3v) is 5.48. The van der Waals surface area contributed by atoms with Gasteiger partial charge in [0.15, 0.2) is 0 Å². The van der Waals surface area contributed by atoms with Crippen LogP contribution in [-0.4, -0.2) is 30.9 Å². The molecule has 4 nitrogen and oxygen atoms in total. The van der Waals surface area contributed by atoms with E-state index in [0.29, 0.717) is 30.1 Å². The smallest absolute Gasteiger partial charge is 0.253 e. The second-order valence-corrected chi connectivity index (χ2v) is 7.52. The lowest BCUT2D eigenvalue weighted by Crippen LogP contribution is -2.38. The first kappa shape index (κ1) is 19.0. The summed E-state index contributed by atoms with van der Waals surface area (Å²) in [6.45, 7) is 4.52. The van der Waals surface area contributed by atoms with E-state index in [1.54, 1.807) is 7.11 Å². The van der Waals surface area contributed by atoms with Gasteiger partial charge in [-0.3, -0.25) is 9.36 Å². The van der Waals surface area contributed by atoms with Crippen molar-refractivity contribution in [3.8, 4) is 0 Å². The number of methoxy groups -OCH3 is 1. The minimum atomic E-state index is -0.0402. The Morgan fingerprint density at radius 1 is 1.23 bits per heavy atom. The second-order valence-electron chi connectivity index (χ2n) is 7.08. The average Bonchev–Trinajstić information content (AvgIpc) is 2.98. The summed E-state index contributed by atoms with van der Waals surface area (Å²) in [7, 11) is 1.68. The normalized spacial score (nSPS) is 19.9. The Morgan fingerprint density at radius 3 is 2.73 bits per heavy atom. The maximum Gasteiger partial charge on any atom is 0.253 e. The lowest BCUT2D eigenvalue weighted by Gasteiger charge is -2.31. The van der Waals surface area contributed by atoms with Crippen molar-refractivity contribution in [1.82, 2.24) is 4.57 Å². The number of hydrogen-bond donors (Lipinski definition) is 0. The highest BCUT2D eigenvalue weighted by molar-refractivity contribution is 6.30. The highest BCUT2D eigenvalue weighted by atomic mass is 35.5. The summed E-state index contributed by atoms with van der Waals surface area (Å²) in [6.07, 6.45) is 2.90. The first-order chi connectivity index (χ1) is 12.6. The van der Waals surface area contributed by atoms with Crippen molar-refractivity contribution >= 4 is 17.4 Å². The Labute approximate surface area is 160 Å². The first-order valence-electron chi connectivity index (χ1n) is 9.30. The maximum absolute atomic E-state index is 12.6. The minimum absolute atomic E-state index is 0.0402. The Morgan fingerprint density at radius 2 is 2.00 bits per heavy atom. The Bertz CT molecular complexity index is 775. The van der Waals surface area contributed by atoms with Crippen LogP contribution in [0.4, 0.5) is 5.82 Å². The van der Waals surface area contributed by atoms with Gasteiger partial charge in [-0.2, -0.15) is 0 Å². The van der Waals surface area contributed by atoms with Gasteiger partial charge < -0.3 is 9.64 Å². The fraction of sp³-hybridized carbons (Fsp3) is 0.476. The molecule has 0 spiro atoms. The number of pyridine rings is 1. The molecule has 0 bridgehead atoms. The van der Waals surface area contributed by atoms with Crippen molar-refractivity contribution in [3.05, 3.63) is 63.4 Å². The van der Waals surface area contributed by atoms with Crippen LogP contribution in [0.25, 0.3) is 0 Å².